The number of ether oxygens (including phenoxy) is 1. The fourth-order valence-corrected chi connectivity index (χ4v) is 3.11. The summed E-state index contributed by atoms with van der Waals surface area (Å²) >= 11 is 1.38. The van der Waals surface area contributed by atoms with Crippen molar-refractivity contribution in [2.24, 2.45) is 0 Å². The molecule has 1 amide bonds. The van der Waals surface area contributed by atoms with E-state index in [1.807, 2.05) is 44.2 Å². The van der Waals surface area contributed by atoms with E-state index >= 15 is 0 Å². The van der Waals surface area contributed by atoms with Crippen molar-refractivity contribution in [3.05, 3.63) is 58.0 Å². The molecule has 0 fully saturated rings. The number of carbonyl (C=O) groups is 2. The lowest BCUT2D eigenvalue weighted by Crippen LogP contribution is -2.12. The lowest BCUT2D eigenvalue weighted by atomic mass is 10.1. The van der Waals surface area contributed by atoms with Gasteiger partial charge in [0, 0.05) is 11.0 Å². The summed E-state index contributed by atoms with van der Waals surface area (Å²) in [4.78, 5) is 25.2. The molecule has 4 nitrogen and oxygen atoms in total. The normalized spacial score (nSPS) is 10.7. The molecule has 0 aliphatic carbocycles. The van der Waals surface area contributed by atoms with Crippen LogP contribution in [0.2, 0.25) is 0 Å². The summed E-state index contributed by atoms with van der Waals surface area (Å²) in [6.07, 6.45) is 3.18. The summed E-state index contributed by atoms with van der Waals surface area (Å²) in [7, 11) is 0. The van der Waals surface area contributed by atoms with Crippen LogP contribution in [0.15, 0.2) is 36.4 Å². The SMILES string of the molecule is CCOC(=O)c1c(NC(=O)/C=C/c2ccccc2)sc(C)c1C. The Morgan fingerprint density at radius 2 is 1.91 bits per heavy atom. The number of benzene rings is 1. The highest BCUT2D eigenvalue weighted by atomic mass is 32.1. The fraction of sp³-hybridized carbons (Fsp3) is 0.222. The van der Waals surface area contributed by atoms with Gasteiger partial charge in [0.2, 0.25) is 5.91 Å². The van der Waals surface area contributed by atoms with E-state index in [2.05, 4.69) is 5.32 Å². The first-order valence-electron chi connectivity index (χ1n) is 7.34. The Morgan fingerprint density at radius 1 is 1.22 bits per heavy atom. The van der Waals surface area contributed by atoms with Crippen LogP contribution in [0.3, 0.4) is 0 Å². The van der Waals surface area contributed by atoms with Gasteiger partial charge in [-0.05, 0) is 38.0 Å². The van der Waals surface area contributed by atoms with Gasteiger partial charge in [-0.2, -0.15) is 0 Å². The minimum atomic E-state index is -0.406. The lowest BCUT2D eigenvalue weighted by molar-refractivity contribution is -0.111. The second kappa shape index (κ2) is 7.74. The molecule has 1 N–H and O–H groups in total. The largest absolute Gasteiger partial charge is 0.462 e. The van der Waals surface area contributed by atoms with Gasteiger partial charge in [-0.3, -0.25) is 4.79 Å². The number of rotatable bonds is 5. The number of anilines is 1. The second-order valence-corrected chi connectivity index (χ2v) is 6.17. The third kappa shape index (κ3) is 4.29. The molecule has 5 heteroatoms. The van der Waals surface area contributed by atoms with Gasteiger partial charge < -0.3 is 10.1 Å². The van der Waals surface area contributed by atoms with Crippen molar-refractivity contribution in [2.45, 2.75) is 20.8 Å². The molecule has 1 aromatic carbocycles. The van der Waals surface area contributed by atoms with Crippen molar-refractivity contribution in [2.75, 3.05) is 11.9 Å². The standard InChI is InChI=1S/C18H19NO3S/c1-4-22-18(21)16-12(2)13(3)23-17(16)19-15(20)11-10-14-8-6-5-7-9-14/h5-11H,4H2,1-3H3,(H,19,20)/b11-10+. The van der Waals surface area contributed by atoms with E-state index in [-0.39, 0.29) is 5.91 Å². The Hall–Kier alpha value is -2.40. The van der Waals surface area contributed by atoms with Crippen molar-refractivity contribution in [1.29, 1.82) is 0 Å². The van der Waals surface area contributed by atoms with E-state index in [0.717, 1.165) is 16.0 Å². The van der Waals surface area contributed by atoms with Crippen LogP contribution in [-0.2, 0) is 9.53 Å². The molecule has 0 radical (unpaired) electrons. The van der Waals surface area contributed by atoms with Crippen LogP contribution in [0.4, 0.5) is 5.00 Å². The first kappa shape index (κ1) is 17.0. The van der Waals surface area contributed by atoms with Gasteiger partial charge in [0.1, 0.15) is 5.00 Å². The molecular formula is C18H19NO3S. The Labute approximate surface area is 139 Å². The molecule has 1 heterocycles. The number of thiophene rings is 1. The first-order chi connectivity index (χ1) is 11.0. The highest BCUT2D eigenvalue weighted by Crippen LogP contribution is 2.33. The topological polar surface area (TPSA) is 55.4 Å². The zero-order chi connectivity index (χ0) is 16.8. The smallest absolute Gasteiger partial charge is 0.341 e. The molecule has 0 bridgehead atoms. The van der Waals surface area contributed by atoms with Crippen LogP contribution in [-0.4, -0.2) is 18.5 Å². The molecule has 1 aromatic heterocycles. The predicted octanol–water partition coefficient (Wildman–Crippen LogP) is 4.19. The molecule has 0 aliphatic heterocycles. The van der Waals surface area contributed by atoms with Crippen LogP contribution in [0.25, 0.3) is 6.08 Å². The summed E-state index contributed by atoms with van der Waals surface area (Å²) in [5.74, 6) is -0.683. The monoisotopic (exact) mass is 329 g/mol. The number of esters is 1. The summed E-state index contributed by atoms with van der Waals surface area (Å²) in [5, 5.41) is 3.30. The van der Waals surface area contributed by atoms with Crippen LogP contribution < -0.4 is 5.32 Å². The molecule has 0 unspecified atom stereocenters. The number of amides is 1. The van der Waals surface area contributed by atoms with Crippen LogP contribution in [0.1, 0.15) is 33.3 Å². The number of nitrogens with one attached hydrogen (secondary N) is 1. The van der Waals surface area contributed by atoms with Crippen molar-refractivity contribution < 1.29 is 14.3 Å². The maximum atomic E-state index is 12.1. The van der Waals surface area contributed by atoms with Crippen LogP contribution >= 0.6 is 11.3 Å². The van der Waals surface area contributed by atoms with Gasteiger partial charge in [0.05, 0.1) is 12.2 Å². The van der Waals surface area contributed by atoms with Crippen molar-refractivity contribution in [3.63, 3.8) is 0 Å². The Bertz CT molecular complexity index is 732. The molecule has 0 saturated heterocycles. The molecule has 2 aromatic rings. The third-order valence-electron chi connectivity index (χ3n) is 3.33. The summed E-state index contributed by atoms with van der Waals surface area (Å²) in [5.41, 5.74) is 2.22. The van der Waals surface area contributed by atoms with E-state index < -0.39 is 5.97 Å². The number of aryl methyl sites for hydroxylation is 1. The minimum Gasteiger partial charge on any atom is -0.462 e. The highest BCUT2D eigenvalue weighted by molar-refractivity contribution is 7.16. The molecule has 2 rings (SSSR count). The quantitative estimate of drug-likeness (QED) is 0.661. The molecule has 120 valence electrons. The Kier molecular flexibility index (Phi) is 5.71. The minimum absolute atomic E-state index is 0.277. The predicted molar refractivity (Wildman–Crippen MR) is 93.9 cm³/mol. The van der Waals surface area contributed by atoms with E-state index in [1.54, 1.807) is 13.0 Å². The van der Waals surface area contributed by atoms with E-state index in [9.17, 15) is 9.59 Å². The van der Waals surface area contributed by atoms with E-state index in [0.29, 0.717) is 17.2 Å². The van der Waals surface area contributed by atoms with Crippen LogP contribution in [0, 0.1) is 13.8 Å². The zero-order valence-electron chi connectivity index (χ0n) is 13.4. The van der Waals surface area contributed by atoms with Gasteiger partial charge in [0.15, 0.2) is 0 Å². The second-order valence-electron chi connectivity index (χ2n) is 4.94. The van der Waals surface area contributed by atoms with Gasteiger partial charge in [-0.15, -0.1) is 11.3 Å². The maximum Gasteiger partial charge on any atom is 0.341 e. The van der Waals surface area contributed by atoms with Crippen molar-refractivity contribution in [1.82, 2.24) is 0 Å². The third-order valence-corrected chi connectivity index (χ3v) is 4.45. The van der Waals surface area contributed by atoms with Crippen molar-refractivity contribution in [3.8, 4) is 0 Å². The van der Waals surface area contributed by atoms with Crippen LogP contribution in [0.5, 0.6) is 0 Å². The number of hydrogen-bond acceptors (Lipinski definition) is 4. The molecule has 0 spiro atoms. The Morgan fingerprint density at radius 3 is 2.57 bits per heavy atom. The average Bonchev–Trinajstić information content (AvgIpc) is 2.81. The van der Waals surface area contributed by atoms with E-state index in [1.165, 1.54) is 17.4 Å². The van der Waals surface area contributed by atoms with Gasteiger partial charge in [-0.1, -0.05) is 30.3 Å². The first-order valence-corrected chi connectivity index (χ1v) is 8.15. The van der Waals surface area contributed by atoms with Gasteiger partial charge in [0.25, 0.3) is 0 Å². The molecule has 0 saturated carbocycles. The van der Waals surface area contributed by atoms with Gasteiger partial charge >= 0.3 is 5.97 Å². The fourth-order valence-electron chi connectivity index (χ4n) is 2.05. The summed E-state index contributed by atoms with van der Waals surface area (Å²) in [6.45, 7) is 5.83. The molecule has 23 heavy (non-hydrogen) atoms. The Balaban J connectivity index is 2.16. The van der Waals surface area contributed by atoms with E-state index in [4.69, 9.17) is 4.74 Å². The molecule has 0 atom stereocenters. The summed E-state index contributed by atoms with van der Waals surface area (Å²) in [6, 6.07) is 9.55. The average molecular weight is 329 g/mol. The molecule has 0 aliphatic rings. The van der Waals surface area contributed by atoms with Gasteiger partial charge in [-0.25, -0.2) is 4.79 Å². The number of carbonyl (C=O) groups excluding carboxylic acids is 2. The maximum absolute atomic E-state index is 12.1. The lowest BCUT2D eigenvalue weighted by Gasteiger charge is -2.05. The summed E-state index contributed by atoms with van der Waals surface area (Å²) < 4.78 is 5.07. The number of hydrogen-bond donors (Lipinski definition) is 1. The highest BCUT2D eigenvalue weighted by Gasteiger charge is 2.21. The van der Waals surface area contributed by atoms with Crippen molar-refractivity contribution >= 4 is 34.3 Å². The zero-order valence-corrected chi connectivity index (χ0v) is 14.2. The molecular weight excluding hydrogens is 310 g/mol.